The third-order valence-corrected chi connectivity index (χ3v) is 6.38. The third kappa shape index (κ3) is 3.38. The van der Waals surface area contributed by atoms with E-state index in [1.54, 1.807) is 6.07 Å². The Kier molecular flexibility index (Phi) is 5.35. The number of carboxylic acids is 1. The Morgan fingerprint density at radius 2 is 2.17 bits per heavy atom. The molecule has 0 bridgehead atoms. The van der Waals surface area contributed by atoms with E-state index < -0.39 is 27.5 Å². The maximum Gasteiger partial charge on any atom is 0.313 e. The number of aliphatic hydroxyl groups is 1. The topological polar surface area (TPSA) is 94.9 Å². The highest BCUT2D eigenvalue weighted by Gasteiger charge is 2.50. The van der Waals surface area contributed by atoms with Gasteiger partial charge in [0.1, 0.15) is 5.41 Å². The smallest absolute Gasteiger partial charge is 0.313 e. The number of hydrogen-bond acceptors (Lipinski definition) is 4. The molecule has 1 aliphatic rings. The maximum absolute atomic E-state index is 12.8. The average molecular weight is 362 g/mol. The number of hydrogen-bond donors (Lipinski definition) is 2. The van der Waals surface area contributed by atoms with Gasteiger partial charge >= 0.3 is 5.97 Å². The van der Waals surface area contributed by atoms with E-state index in [4.69, 9.17) is 11.6 Å². The van der Waals surface area contributed by atoms with Gasteiger partial charge in [0.25, 0.3) is 0 Å². The molecule has 1 aromatic rings. The minimum atomic E-state index is -3.86. The van der Waals surface area contributed by atoms with Crippen LogP contribution in [0.2, 0.25) is 5.02 Å². The number of benzene rings is 1. The standard InChI is InChI=1S/C15H20ClNO5S/c1-2-7-15(14(19)20)10-17(8-6-13(15)18)23(21,22)12-5-3-4-11(16)9-12/h3-5,9,13,18H,2,6-8,10H2,1H3,(H,19,20)/t13-,15-/m0/s1. The molecule has 2 N–H and O–H groups in total. The molecule has 0 spiro atoms. The first-order chi connectivity index (χ1) is 10.7. The number of carbonyl (C=O) groups is 1. The highest BCUT2D eigenvalue weighted by atomic mass is 35.5. The van der Waals surface area contributed by atoms with Crippen LogP contribution in [0.5, 0.6) is 0 Å². The Labute approximate surface area is 140 Å². The molecular formula is C15H20ClNO5S. The van der Waals surface area contributed by atoms with Crippen LogP contribution in [0.1, 0.15) is 26.2 Å². The quantitative estimate of drug-likeness (QED) is 0.836. The van der Waals surface area contributed by atoms with Crippen LogP contribution in [0.3, 0.4) is 0 Å². The van der Waals surface area contributed by atoms with E-state index in [1.807, 2.05) is 6.92 Å². The van der Waals surface area contributed by atoms with Crippen molar-refractivity contribution in [2.75, 3.05) is 13.1 Å². The summed E-state index contributed by atoms with van der Waals surface area (Å²) in [6, 6.07) is 5.86. The summed E-state index contributed by atoms with van der Waals surface area (Å²) in [6.45, 7) is 1.64. The number of rotatable bonds is 5. The fourth-order valence-corrected chi connectivity index (χ4v) is 4.86. The van der Waals surface area contributed by atoms with Crippen molar-refractivity contribution in [2.45, 2.75) is 37.2 Å². The van der Waals surface area contributed by atoms with Crippen molar-refractivity contribution in [2.24, 2.45) is 5.41 Å². The maximum atomic E-state index is 12.8. The lowest BCUT2D eigenvalue weighted by molar-refractivity contribution is -0.161. The average Bonchev–Trinajstić information content (AvgIpc) is 2.49. The number of halogens is 1. The zero-order valence-electron chi connectivity index (χ0n) is 12.8. The van der Waals surface area contributed by atoms with Crippen molar-refractivity contribution in [1.29, 1.82) is 0 Å². The fourth-order valence-electron chi connectivity index (χ4n) is 3.03. The molecule has 2 rings (SSSR count). The van der Waals surface area contributed by atoms with Crippen LogP contribution < -0.4 is 0 Å². The Bertz CT molecular complexity index is 693. The summed E-state index contributed by atoms with van der Waals surface area (Å²) in [5, 5.41) is 20.1. The molecule has 2 atom stereocenters. The highest BCUT2D eigenvalue weighted by Crippen LogP contribution is 2.37. The molecule has 0 aliphatic carbocycles. The van der Waals surface area contributed by atoms with Crippen molar-refractivity contribution in [1.82, 2.24) is 4.31 Å². The monoisotopic (exact) mass is 361 g/mol. The Morgan fingerprint density at radius 3 is 2.74 bits per heavy atom. The summed E-state index contributed by atoms with van der Waals surface area (Å²) in [6.07, 6.45) is -0.225. The Morgan fingerprint density at radius 1 is 1.48 bits per heavy atom. The summed E-state index contributed by atoms with van der Waals surface area (Å²) in [5.74, 6) is -1.17. The molecule has 1 saturated heterocycles. The third-order valence-electron chi connectivity index (χ3n) is 4.30. The van der Waals surface area contributed by atoms with Gasteiger partial charge in [0.2, 0.25) is 10.0 Å². The zero-order valence-corrected chi connectivity index (χ0v) is 14.3. The number of aliphatic hydroxyl groups excluding tert-OH is 1. The summed E-state index contributed by atoms with van der Waals surface area (Å²) < 4.78 is 26.6. The second-order valence-corrected chi connectivity index (χ2v) is 8.19. The molecule has 8 heteroatoms. The van der Waals surface area contributed by atoms with E-state index in [1.165, 1.54) is 18.2 Å². The molecule has 1 aliphatic heterocycles. The van der Waals surface area contributed by atoms with Crippen molar-refractivity contribution in [3.05, 3.63) is 29.3 Å². The summed E-state index contributed by atoms with van der Waals surface area (Å²) in [7, 11) is -3.86. The van der Waals surface area contributed by atoms with Gasteiger partial charge in [-0.1, -0.05) is 31.0 Å². The summed E-state index contributed by atoms with van der Waals surface area (Å²) in [5.41, 5.74) is -1.47. The molecule has 0 aromatic heterocycles. The van der Waals surface area contributed by atoms with Gasteiger partial charge in [-0.05, 0) is 31.0 Å². The number of sulfonamides is 1. The van der Waals surface area contributed by atoms with Crippen LogP contribution in [0.15, 0.2) is 29.2 Å². The van der Waals surface area contributed by atoms with E-state index in [0.717, 1.165) is 4.31 Å². The molecule has 1 fully saturated rings. The number of carboxylic acid groups (broad SMARTS) is 1. The highest BCUT2D eigenvalue weighted by molar-refractivity contribution is 7.89. The minimum Gasteiger partial charge on any atom is -0.481 e. The van der Waals surface area contributed by atoms with Crippen molar-refractivity contribution in [3.63, 3.8) is 0 Å². The zero-order chi connectivity index (χ0) is 17.3. The van der Waals surface area contributed by atoms with Crippen LogP contribution in [-0.2, 0) is 14.8 Å². The van der Waals surface area contributed by atoms with E-state index in [9.17, 15) is 23.4 Å². The SMILES string of the molecule is CCC[C@]1(C(=O)O)CN(S(=O)(=O)c2cccc(Cl)c2)CC[C@@H]1O. The van der Waals surface area contributed by atoms with Crippen LogP contribution in [0.4, 0.5) is 0 Å². The van der Waals surface area contributed by atoms with Gasteiger partial charge < -0.3 is 10.2 Å². The number of aliphatic carboxylic acids is 1. The molecule has 1 aromatic carbocycles. The molecule has 0 amide bonds. The molecule has 128 valence electrons. The van der Waals surface area contributed by atoms with E-state index in [0.29, 0.717) is 11.4 Å². The van der Waals surface area contributed by atoms with Crippen molar-refractivity contribution < 1.29 is 23.4 Å². The Hall–Kier alpha value is -1.15. The molecule has 6 nitrogen and oxygen atoms in total. The lowest BCUT2D eigenvalue weighted by Crippen LogP contribution is -2.57. The van der Waals surface area contributed by atoms with Crippen molar-refractivity contribution >= 4 is 27.6 Å². The van der Waals surface area contributed by atoms with Crippen LogP contribution in [0.25, 0.3) is 0 Å². The predicted octanol–water partition coefficient (Wildman–Crippen LogP) is 1.97. The van der Waals surface area contributed by atoms with E-state index in [2.05, 4.69) is 0 Å². The Balaban J connectivity index is 2.39. The van der Waals surface area contributed by atoms with Gasteiger partial charge in [-0.2, -0.15) is 4.31 Å². The van der Waals surface area contributed by atoms with Gasteiger partial charge in [0.15, 0.2) is 0 Å². The summed E-state index contributed by atoms with van der Waals surface area (Å²) in [4.78, 5) is 11.8. The molecule has 23 heavy (non-hydrogen) atoms. The van der Waals surface area contributed by atoms with Gasteiger partial charge in [-0.25, -0.2) is 8.42 Å². The minimum absolute atomic E-state index is 0.0252. The second-order valence-electron chi connectivity index (χ2n) is 5.81. The lowest BCUT2D eigenvalue weighted by Gasteiger charge is -2.42. The molecule has 0 saturated carbocycles. The fraction of sp³-hybridized carbons (Fsp3) is 0.533. The number of nitrogens with zero attached hydrogens (tertiary/aromatic N) is 1. The van der Waals surface area contributed by atoms with E-state index >= 15 is 0 Å². The van der Waals surface area contributed by atoms with Gasteiger partial charge in [0.05, 0.1) is 11.0 Å². The first-order valence-corrected chi connectivity index (χ1v) is 9.23. The normalized spacial score (nSPS) is 26.1. The van der Waals surface area contributed by atoms with Crippen LogP contribution in [0, 0.1) is 5.41 Å². The van der Waals surface area contributed by atoms with Crippen LogP contribution >= 0.6 is 11.6 Å². The molecule has 1 heterocycles. The second kappa shape index (κ2) is 6.76. The largest absolute Gasteiger partial charge is 0.481 e. The predicted molar refractivity (Wildman–Crippen MR) is 85.8 cm³/mol. The van der Waals surface area contributed by atoms with Gasteiger partial charge in [0, 0.05) is 18.1 Å². The first-order valence-electron chi connectivity index (χ1n) is 7.41. The van der Waals surface area contributed by atoms with Gasteiger partial charge in [-0.15, -0.1) is 0 Å². The van der Waals surface area contributed by atoms with Crippen LogP contribution in [-0.4, -0.2) is 48.1 Å². The molecule has 0 radical (unpaired) electrons. The number of piperidine rings is 1. The lowest BCUT2D eigenvalue weighted by atomic mass is 9.74. The first kappa shape index (κ1) is 18.2. The van der Waals surface area contributed by atoms with Gasteiger partial charge in [-0.3, -0.25) is 4.79 Å². The molecular weight excluding hydrogens is 342 g/mol. The van der Waals surface area contributed by atoms with Crippen molar-refractivity contribution in [3.8, 4) is 0 Å². The van der Waals surface area contributed by atoms with E-state index in [-0.39, 0.29) is 30.8 Å². The molecule has 0 unspecified atom stereocenters. The summed E-state index contributed by atoms with van der Waals surface area (Å²) >= 11 is 5.85.